The van der Waals surface area contributed by atoms with Crippen molar-refractivity contribution in [2.24, 2.45) is 0 Å². The number of carboxylic acids is 1. The quantitative estimate of drug-likeness (QED) is 0.763. The highest BCUT2D eigenvalue weighted by Crippen LogP contribution is 2.32. The maximum atomic E-state index is 13.1. The molecule has 2 rings (SSSR count). The van der Waals surface area contributed by atoms with E-state index in [-0.39, 0.29) is 11.3 Å². The number of rotatable bonds is 1. The molecule has 0 amide bonds. The summed E-state index contributed by atoms with van der Waals surface area (Å²) in [7, 11) is 0. The smallest absolute Gasteiger partial charge is 0.338 e. The lowest BCUT2D eigenvalue weighted by molar-refractivity contribution is 0.0692. The Balaban J connectivity index is 2.79. The van der Waals surface area contributed by atoms with E-state index in [0.29, 0.717) is 10.1 Å². The van der Waals surface area contributed by atoms with Crippen LogP contribution in [0.25, 0.3) is 10.1 Å². The molecule has 1 heterocycles. The van der Waals surface area contributed by atoms with Crippen molar-refractivity contribution in [1.29, 1.82) is 0 Å². The first-order valence-electron chi connectivity index (χ1n) is 3.72. The predicted molar refractivity (Wildman–Crippen MR) is 50.4 cm³/mol. The van der Waals surface area contributed by atoms with Crippen LogP contribution in [0, 0.1) is 5.82 Å². The van der Waals surface area contributed by atoms with Crippen molar-refractivity contribution in [1.82, 2.24) is 0 Å². The van der Waals surface area contributed by atoms with E-state index in [9.17, 15) is 14.3 Å². The predicted octanol–water partition coefficient (Wildman–Crippen LogP) is 2.44. The van der Waals surface area contributed by atoms with Gasteiger partial charge in [-0.25, -0.2) is 9.18 Å². The van der Waals surface area contributed by atoms with Gasteiger partial charge in [0.2, 0.25) is 0 Å². The minimum Gasteiger partial charge on any atom is -0.506 e. The first-order valence-corrected chi connectivity index (χ1v) is 4.60. The van der Waals surface area contributed by atoms with E-state index in [2.05, 4.69) is 0 Å². The zero-order chi connectivity index (χ0) is 10.3. The van der Waals surface area contributed by atoms with E-state index in [1.165, 1.54) is 22.8 Å². The van der Waals surface area contributed by atoms with Gasteiger partial charge in [-0.2, -0.15) is 0 Å². The molecule has 72 valence electrons. The maximum absolute atomic E-state index is 13.1. The van der Waals surface area contributed by atoms with Gasteiger partial charge in [0.15, 0.2) is 0 Å². The van der Waals surface area contributed by atoms with Crippen LogP contribution in [0.3, 0.4) is 0 Å². The van der Waals surface area contributed by atoms with Crippen molar-refractivity contribution in [2.45, 2.75) is 0 Å². The zero-order valence-electron chi connectivity index (χ0n) is 6.82. The molecule has 0 fully saturated rings. The van der Waals surface area contributed by atoms with Crippen LogP contribution in [0.5, 0.6) is 5.75 Å². The van der Waals surface area contributed by atoms with E-state index >= 15 is 0 Å². The van der Waals surface area contributed by atoms with Crippen LogP contribution in [0.15, 0.2) is 17.5 Å². The minimum atomic E-state index is -1.31. The fourth-order valence-electron chi connectivity index (χ4n) is 1.20. The Bertz CT molecular complexity index is 518. The summed E-state index contributed by atoms with van der Waals surface area (Å²) in [4.78, 5) is 10.6. The van der Waals surface area contributed by atoms with E-state index < -0.39 is 11.8 Å². The first-order chi connectivity index (χ1) is 6.59. The van der Waals surface area contributed by atoms with Gasteiger partial charge in [0.1, 0.15) is 11.6 Å². The van der Waals surface area contributed by atoms with Gasteiger partial charge >= 0.3 is 5.97 Å². The molecule has 0 saturated heterocycles. The highest BCUT2D eigenvalue weighted by molar-refractivity contribution is 7.17. The number of thiophene rings is 1. The van der Waals surface area contributed by atoms with Crippen LogP contribution in [0.2, 0.25) is 0 Å². The van der Waals surface area contributed by atoms with E-state index in [4.69, 9.17) is 5.11 Å². The van der Waals surface area contributed by atoms with E-state index in [1.807, 2.05) is 0 Å². The first kappa shape index (κ1) is 8.96. The third-order valence-corrected chi connectivity index (χ3v) is 2.81. The molecule has 5 heteroatoms. The Hall–Kier alpha value is -1.62. The third kappa shape index (κ3) is 1.22. The number of aromatic carboxylic acids is 1. The van der Waals surface area contributed by atoms with Gasteiger partial charge in [-0.05, 0) is 12.1 Å². The molecule has 2 aromatic rings. The Morgan fingerprint density at radius 1 is 1.43 bits per heavy atom. The van der Waals surface area contributed by atoms with Gasteiger partial charge in [-0.1, -0.05) is 0 Å². The molecule has 14 heavy (non-hydrogen) atoms. The molecule has 0 spiro atoms. The Morgan fingerprint density at radius 3 is 2.79 bits per heavy atom. The largest absolute Gasteiger partial charge is 0.506 e. The van der Waals surface area contributed by atoms with Crippen LogP contribution in [-0.2, 0) is 0 Å². The standard InChI is InChI=1S/C9H5FO3S/c10-6-1-5-7(11)3-14-8(5)2-4(6)9(12)13/h1-3,11H,(H,12,13). The average molecular weight is 212 g/mol. The number of halogens is 1. The summed E-state index contributed by atoms with van der Waals surface area (Å²) in [6, 6.07) is 2.25. The van der Waals surface area contributed by atoms with Crippen LogP contribution < -0.4 is 0 Å². The van der Waals surface area contributed by atoms with Gasteiger partial charge in [-0.15, -0.1) is 11.3 Å². The normalized spacial score (nSPS) is 10.6. The monoisotopic (exact) mass is 212 g/mol. The van der Waals surface area contributed by atoms with E-state index in [0.717, 1.165) is 6.07 Å². The third-order valence-electron chi connectivity index (χ3n) is 1.87. The van der Waals surface area contributed by atoms with Crippen molar-refractivity contribution in [2.75, 3.05) is 0 Å². The zero-order valence-corrected chi connectivity index (χ0v) is 7.64. The fraction of sp³-hybridized carbons (Fsp3) is 0. The van der Waals surface area contributed by atoms with Crippen LogP contribution in [-0.4, -0.2) is 16.2 Å². The van der Waals surface area contributed by atoms with Crippen molar-refractivity contribution in [3.63, 3.8) is 0 Å². The molecule has 3 nitrogen and oxygen atoms in total. The van der Waals surface area contributed by atoms with Gasteiger partial charge in [-0.3, -0.25) is 0 Å². The second-order valence-corrected chi connectivity index (χ2v) is 3.67. The molecule has 2 N–H and O–H groups in total. The van der Waals surface area contributed by atoms with Gasteiger partial charge in [0.25, 0.3) is 0 Å². The second-order valence-electron chi connectivity index (χ2n) is 2.75. The molecule has 0 saturated carbocycles. The summed E-state index contributed by atoms with van der Waals surface area (Å²) >= 11 is 1.17. The number of carboxylic acid groups (broad SMARTS) is 1. The Labute approximate surface area is 82.0 Å². The molecular weight excluding hydrogens is 207 g/mol. The molecule has 0 aliphatic carbocycles. The molecule has 0 bridgehead atoms. The van der Waals surface area contributed by atoms with Crippen molar-refractivity contribution in [3.05, 3.63) is 28.9 Å². The summed E-state index contributed by atoms with van der Waals surface area (Å²) in [5.74, 6) is -2.17. The molecule has 0 radical (unpaired) electrons. The van der Waals surface area contributed by atoms with Gasteiger partial charge in [0, 0.05) is 15.5 Å². The van der Waals surface area contributed by atoms with Crippen LogP contribution in [0.4, 0.5) is 4.39 Å². The van der Waals surface area contributed by atoms with Gasteiger partial charge < -0.3 is 10.2 Å². The maximum Gasteiger partial charge on any atom is 0.338 e. The molecular formula is C9H5FO3S. The highest BCUT2D eigenvalue weighted by Gasteiger charge is 2.13. The molecule has 0 atom stereocenters. The summed E-state index contributed by atoms with van der Waals surface area (Å²) < 4.78 is 13.7. The highest BCUT2D eigenvalue weighted by atomic mass is 32.1. The van der Waals surface area contributed by atoms with Crippen molar-refractivity contribution >= 4 is 27.4 Å². The Kier molecular flexibility index (Phi) is 1.89. The van der Waals surface area contributed by atoms with Crippen molar-refractivity contribution in [3.8, 4) is 5.75 Å². The number of hydrogen-bond acceptors (Lipinski definition) is 3. The summed E-state index contributed by atoms with van der Waals surface area (Å²) in [6.45, 7) is 0. The number of hydrogen-bond donors (Lipinski definition) is 2. The fourth-order valence-corrected chi connectivity index (χ4v) is 2.04. The molecule has 0 aliphatic rings. The lowest BCUT2D eigenvalue weighted by Crippen LogP contribution is -1.99. The Morgan fingerprint density at radius 2 is 2.14 bits per heavy atom. The summed E-state index contributed by atoms with van der Waals surface area (Å²) in [5, 5.41) is 19.7. The molecule has 1 aromatic carbocycles. The lowest BCUT2D eigenvalue weighted by Gasteiger charge is -1.97. The number of benzene rings is 1. The number of aromatic hydroxyl groups is 1. The van der Waals surface area contributed by atoms with Crippen molar-refractivity contribution < 1.29 is 19.4 Å². The SMILES string of the molecule is O=C(O)c1cc2scc(O)c2cc1F. The summed E-state index contributed by atoms with van der Waals surface area (Å²) in [5.41, 5.74) is -0.376. The number of carbonyl (C=O) groups is 1. The topological polar surface area (TPSA) is 57.5 Å². The van der Waals surface area contributed by atoms with E-state index in [1.54, 1.807) is 0 Å². The summed E-state index contributed by atoms with van der Waals surface area (Å²) in [6.07, 6.45) is 0. The molecule has 0 aliphatic heterocycles. The average Bonchev–Trinajstić information content (AvgIpc) is 2.46. The molecule has 1 aromatic heterocycles. The van der Waals surface area contributed by atoms with Crippen LogP contribution >= 0.6 is 11.3 Å². The minimum absolute atomic E-state index is 0.0270. The van der Waals surface area contributed by atoms with Gasteiger partial charge in [0.05, 0.1) is 5.56 Å². The van der Waals surface area contributed by atoms with Crippen LogP contribution in [0.1, 0.15) is 10.4 Å². The second kappa shape index (κ2) is 2.95. The molecule has 0 unspecified atom stereocenters. The lowest BCUT2D eigenvalue weighted by atomic mass is 10.1. The number of fused-ring (bicyclic) bond motifs is 1.